The van der Waals surface area contributed by atoms with Crippen LogP contribution in [-0.2, 0) is 17.9 Å². The van der Waals surface area contributed by atoms with Crippen molar-refractivity contribution in [1.82, 2.24) is 34.2 Å². The first-order valence-electron chi connectivity index (χ1n) is 14.6. The number of ether oxygens (including phenoxy) is 1. The predicted octanol–water partition coefficient (Wildman–Crippen LogP) is 3.50. The van der Waals surface area contributed by atoms with Crippen LogP contribution < -0.4 is 25.8 Å². The monoisotopic (exact) mass is 577 g/mol. The molecule has 3 aliphatic rings. The van der Waals surface area contributed by atoms with Gasteiger partial charge in [-0.2, -0.15) is 4.98 Å². The van der Waals surface area contributed by atoms with Crippen molar-refractivity contribution in [3.63, 3.8) is 0 Å². The third kappa shape index (κ3) is 4.36. The zero-order valence-corrected chi connectivity index (χ0v) is 23.8. The standard InChI is InChI=1S/C31H31N9O3/c1-32-31(9-10-31)19-37-13-8-20-14-21(6-7-24(20)37)35-30-34-17-23-27(36-30)40-22-15-25-28(33-16-22)43-18-26(41)38(25)11-4-2-3-5-12-39(40)29(23)42/h3,5-8,13-17,32H,2,4,9-12,18-19H2,1H3,(H,34,35,36)/b5-3-. The Hall–Kier alpha value is -4.97. The molecule has 2 N–H and O–H groups in total. The first-order chi connectivity index (χ1) is 21.0. The van der Waals surface area contributed by atoms with Crippen molar-refractivity contribution in [2.45, 2.75) is 44.3 Å². The molecule has 1 saturated carbocycles. The molecule has 0 saturated heterocycles. The highest BCUT2D eigenvalue weighted by Crippen LogP contribution is 2.38. The molecular weight excluding hydrogens is 546 g/mol. The fourth-order valence-electron chi connectivity index (χ4n) is 6.12. The zero-order chi connectivity index (χ0) is 29.1. The highest BCUT2D eigenvalue weighted by atomic mass is 16.5. The Morgan fingerprint density at radius 1 is 1.07 bits per heavy atom. The van der Waals surface area contributed by atoms with E-state index in [9.17, 15) is 9.59 Å². The number of allylic oxidation sites excluding steroid dienone is 2. The number of aromatic nitrogens is 6. The van der Waals surface area contributed by atoms with Crippen LogP contribution in [0.4, 0.5) is 17.3 Å². The molecule has 1 aliphatic carbocycles. The van der Waals surface area contributed by atoms with Crippen molar-refractivity contribution in [3.8, 4) is 11.6 Å². The minimum absolute atomic E-state index is 0.0398. The van der Waals surface area contributed by atoms with Crippen LogP contribution in [0.5, 0.6) is 5.88 Å². The van der Waals surface area contributed by atoms with Crippen LogP contribution in [0.2, 0.25) is 0 Å². The number of anilines is 3. The molecule has 12 nitrogen and oxygen atoms in total. The number of amides is 1. The number of fused-ring (bicyclic) bond motifs is 6. The molecular formula is C31H31N9O3. The molecule has 218 valence electrons. The zero-order valence-electron chi connectivity index (χ0n) is 23.8. The van der Waals surface area contributed by atoms with Gasteiger partial charge in [-0.05, 0) is 63.1 Å². The summed E-state index contributed by atoms with van der Waals surface area (Å²) in [6, 6.07) is 10.2. The molecule has 1 amide bonds. The van der Waals surface area contributed by atoms with Crippen LogP contribution >= 0.6 is 0 Å². The Balaban J connectivity index is 1.19. The van der Waals surface area contributed by atoms with Crippen LogP contribution in [0.25, 0.3) is 27.6 Å². The molecule has 0 spiro atoms. The molecule has 1 aromatic carbocycles. The van der Waals surface area contributed by atoms with Crippen molar-refractivity contribution >= 4 is 45.2 Å². The number of nitrogens with one attached hydrogen (secondary N) is 2. The lowest BCUT2D eigenvalue weighted by atomic mass is 10.2. The van der Waals surface area contributed by atoms with Gasteiger partial charge in [-0.25, -0.2) is 19.3 Å². The SMILES string of the molecule is CNC1(Cn2ccc3cc(Nc4ncc5c(=O)n6n(c5n4)-c4cnc5c(c4)N(CCC/C=C\C6)C(=O)CO5)ccc32)CC1. The van der Waals surface area contributed by atoms with Gasteiger partial charge in [0.05, 0.1) is 18.4 Å². The van der Waals surface area contributed by atoms with Crippen molar-refractivity contribution in [2.75, 3.05) is 30.4 Å². The Bertz CT molecular complexity index is 2000. The van der Waals surface area contributed by atoms with E-state index >= 15 is 0 Å². The van der Waals surface area contributed by atoms with Crippen LogP contribution in [0.3, 0.4) is 0 Å². The Labute approximate surface area is 246 Å². The van der Waals surface area contributed by atoms with Crippen LogP contribution in [0.15, 0.2) is 65.9 Å². The van der Waals surface area contributed by atoms with Gasteiger partial charge in [0, 0.05) is 47.6 Å². The van der Waals surface area contributed by atoms with Crippen molar-refractivity contribution in [2.24, 2.45) is 0 Å². The molecule has 12 heteroatoms. The summed E-state index contributed by atoms with van der Waals surface area (Å²) in [5.41, 5.74) is 3.66. The summed E-state index contributed by atoms with van der Waals surface area (Å²) in [6.07, 6.45) is 13.3. The summed E-state index contributed by atoms with van der Waals surface area (Å²) in [6.45, 7) is 1.82. The quantitative estimate of drug-likeness (QED) is 0.304. The predicted molar refractivity (Wildman–Crippen MR) is 163 cm³/mol. The van der Waals surface area contributed by atoms with E-state index in [0.717, 1.165) is 30.5 Å². The van der Waals surface area contributed by atoms with Crippen LogP contribution in [0, 0.1) is 0 Å². The van der Waals surface area contributed by atoms with E-state index < -0.39 is 0 Å². The molecule has 1 fully saturated rings. The summed E-state index contributed by atoms with van der Waals surface area (Å²) >= 11 is 0. The maximum atomic E-state index is 13.6. The summed E-state index contributed by atoms with van der Waals surface area (Å²) in [7, 11) is 2.03. The summed E-state index contributed by atoms with van der Waals surface area (Å²) in [4.78, 5) is 41.8. The van der Waals surface area contributed by atoms with E-state index in [1.807, 2.05) is 31.3 Å². The number of benzene rings is 1. The van der Waals surface area contributed by atoms with Crippen molar-refractivity contribution in [3.05, 3.63) is 71.4 Å². The van der Waals surface area contributed by atoms with Gasteiger partial charge in [-0.3, -0.25) is 9.59 Å². The van der Waals surface area contributed by atoms with Gasteiger partial charge >= 0.3 is 0 Å². The van der Waals surface area contributed by atoms with E-state index in [4.69, 9.17) is 9.72 Å². The van der Waals surface area contributed by atoms with E-state index in [0.29, 0.717) is 47.3 Å². The van der Waals surface area contributed by atoms with E-state index in [-0.39, 0.29) is 23.6 Å². The topological polar surface area (TPSA) is 124 Å². The number of hydrogen-bond acceptors (Lipinski definition) is 8. The van der Waals surface area contributed by atoms with Gasteiger partial charge in [0.2, 0.25) is 11.8 Å². The second kappa shape index (κ2) is 9.80. The lowest BCUT2D eigenvalue weighted by Gasteiger charge is -2.29. The van der Waals surface area contributed by atoms with Gasteiger partial charge in [0.1, 0.15) is 11.1 Å². The molecule has 0 radical (unpaired) electrons. The van der Waals surface area contributed by atoms with E-state index in [1.54, 1.807) is 26.7 Å². The van der Waals surface area contributed by atoms with Gasteiger partial charge < -0.3 is 24.8 Å². The minimum Gasteiger partial charge on any atom is -0.466 e. The van der Waals surface area contributed by atoms with Gasteiger partial charge in [-0.15, -0.1) is 0 Å². The number of carbonyl (C=O) groups excluding carboxylic acids is 1. The molecule has 6 heterocycles. The normalized spacial score (nSPS) is 18.1. The molecule has 8 rings (SSSR count). The molecule has 5 aromatic rings. The highest BCUT2D eigenvalue weighted by Gasteiger charge is 2.41. The smallest absolute Gasteiger partial charge is 0.278 e. The first kappa shape index (κ1) is 25.7. The third-order valence-corrected chi connectivity index (χ3v) is 8.74. The van der Waals surface area contributed by atoms with Crippen molar-refractivity contribution < 1.29 is 9.53 Å². The molecule has 0 unspecified atom stereocenters. The summed E-state index contributed by atoms with van der Waals surface area (Å²) in [5, 5.41) is 8.31. The largest absolute Gasteiger partial charge is 0.466 e. The molecule has 43 heavy (non-hydrogen) atoms. The molecule has 2 aliphatic heterocycles. The third-order valence-electron chi connectivity index (χ3n) is 8.74. The first-order valence-corrected chi connectivity index (χ1v) is 14.6. The van der Waals surface area contributed by atoms with Gasteiger partial charge in [0.15, 0.2) is 12.3 Å². The molecule has 0 atom stereocenters. The van der Waals surface area contributed by atoms with Gasteiger partial charge in [-0.1, -0.05) is 12.2 Å². The number of rotatable bonds is 5. The summed E-state index contributed by atoms with van der Waals surface area (Å²) < 4.78 is 11.3. The number of likely N-dealkylation sites (N-methyl/N-ethyl adjacent to an activating group) is 1. The average molecular weight is 578 g/mol. The second-order valence-corrected chi connectivity index (χ2v) is 11.5. The van der Waals surface area contributed by atoms with E-state index in [2.05, 4.69) is 49.6 Å². The maximum absolute atomic E-state index is 13.6. The lowest BCUT2D eigenvalue weighted by Crippen LogP contribution is -2.40. The van der Waals surface area contributed by atoms with Gasteiger partial charge in [0.25, 0.3) is 11.5 Å². The van der Waals surface area contributed by atoms with Crippen LogP contribution in [0.1, 0.15) is 25.7 Å². The van der Waals surface area contributed by atoms with Crippen LogP contribution in [-0.4, -0.2) is 60.5 Å². The fraction of sp³-hybridized carbons (Fsp3) is 0.323. The molecule has 2 bridgehead atoms. The second-order valence-electron chi connectivity index (χ2n) is 11.5. The Morgan fingerprint density at radius 2 is 1.98 bits per heavy atom. The number of nitrogens with zero attached hydrogens (tertiary/aromatic N) is 7. The highest BCUT2D eigenvalue weighted by molar-refractivity contribution is 5.97. The maximum Gasteiger partial charge on any atom is 0.278 e. The lowest BCUT2D eigenvalue weighted by molar-refractivity contribution is -0.121. The van der Waals surface area contributed by atoms with E-state index in [1.165, 1.54) is 18.4 Å². The Kier molecular flexibility index (Phi) is 5.86. The Morgan fingerprint density at radius 3 is 2.84 bits per heavy atom. The summed E-state index contributed by atoms with van der Waals surface area (Å²) in [5.74, 6) is 0.658. The number of carbonyl (C=O) groups is 1. The fourth-order valence-corrected chi connectivity index (χ4v) is 6.12. The number of pyridine rings is 1. The number of hydrogen-bond donors (Lipinski definition) is 2. The minimum atomic E-state index is -0.206. The molecule has 4 aromatic heterocycles. The average Bonchev–Trinajstić information content (AvgIpc) is 3.61. The van der Waals surface area contributed by atoms with Crippen molar-refractivity contribution in [1.29, 1.82) is 0 Å².